The summed E-state index contributed by atoms with van der Waals surface area (Å²) in [6.07, 6.45) is 4.85. The lowest BCUT2D eigenvalue weighted by molar-refractivity contribution is -0.111. The van der Waals surface area contributed by atoms with Crippen molar-refractivity contribution in [2.75, 3.05) is 12.4 Å². The van der Waals surface area contributed by atoms with Gasteiger partial charge in [-0.3, -0.25) is 10.1 Å². The van der Waals surface area contributed by atoms with Gasteiger partial charge < -0.3 is 4.74 Å². The number of hydrogen-bond acceptors (Lipinski definition) is 4. The largest absolute Gasteiger partial charge is 0.497 e. The molecule has 1 heterocycles. The van der Waals surface area contributed by atoms with Crippen molar-refractivity contribution in [2.45, 2.75) is 0 Å². The highest BCUT2D eigenvalue weighted by Crippen LogP contribution is 2.23. The molecule has 6 heteroatoms. The van der Waals surface area contributed by atoms with Crippen molar-refractivity contribution in [2.24, 2.45) is 0 Å². The topological polar surface area (TPSA) is 51.2 Å². The molecule has 0 saturated heterocycles. The van der Waals surface area contributed by atoms with Gasteiger partial charge >= 0.3 is 0 Å². The molecule has 98 valence electrons. The van der Waals surface area contributed by atoms with Gasteiger partial charge in [-0.2, -0.15) is 0 Å². The van der Waals surface area contributed by atoms with Crippen molar-refractivity contribution in [3.63, 3.8) is 0 Å². The zero-order chi connectivity index (χ0) is 13.7. The summed E-state index contributed by atoms with van der Waals surface area (Å²) in [4.78, 5) is 15.7. The molecule has 19 heavy (non-hydrogen) atoms. The number of ether oxygens (including phenoxy) is 1. The van der Waals surface area contributed by atoms with Crippen molar-refractivity contribution < 1.29 is 9.53 Å². The molecule has 2 aromatic rings. The second-order valence-electron chi connectivity index (χ2n) is 3.57. The number of hydrogen-bond donors (Lipinski definition) is 1. The third kappa shape index (κ3) is 4.18. The Morgan fingerprint density at radius 1 is 1.42 bits per heavy atom. The van der Waals surface area contributed by atoms with E-state index < -0.39 is 0 Å². The Morgan fingerprint density at radius 3 is 2.74 bits per heavy atom. The minimum absolute atomic E-state index is 0.210. The fourth-order valence-corrected chi connectivity index (χ4v) is 2.46. The quantitative estimate of drug-likeness (QED) is 0.867. The maximum atomic E-state index is 11.6. The van der Waals surface area contributed by atoms with Crippen LogP contribution in [-0.4, -0.2) is 18.0 Å². The van der Waals surface area contributed by atoms with E-state index in [2.05, 4.69) is 26.2 Å². The summed E-state index contributed by atoms with van der Waals surface area (Å²) >= 11 is 4.65. The number of nitrogens with zero attached hydrogens (tertiary/aromatic N) is 1. The first-order valence-corrected chi connectivity index (χ1v) is 7.03. The average Bonchev–Trinajstić information content (AvgIpc) is 2.82. The van der Waals surface area contributed by atoms with Gasteiger partial charge in [0, 0.05) is 6.08 Å². The van der Waals surface area contributed by atoms with E-state index in [1.807, 2.05) is 24.3 Å². The minimum Gasteiger partial charge on any atom is -0.497 e. The summed E-state index contributed by atoms with van der Waals surface area (Å²) in [6, 6.07) is 7.44. The van der Waals surface area contributed by atoms with Gasteiger partial charge in [0.15, 0.2) is 5.13 Å². The molecule has 1 aromatic carbocycles. The molecule has 0 spiro atoms. The number of carbonyl (C=O) groups is 1. The van der Waals surface area contributed by atoms with Crippen LogP contribution in [0.5, 0.6) is 5.75 Å². The van der Waals surface area contributed by atoms with E-state index in [0.717, 1.165) is 15.1 Å². The number of thiazole rings is 1. The number of halogens is 1. The molecule has 0 aliphatic rings. The zero-order valence-corrected chi connectivity index (χ0v) is 12.5. The Balaban J connectivity index is 1.95. The molecule has 0 aliphatic carbocycles. The number of rotatable bonds is 4. The van der Waals surface area contributed by atoms with Gasteiger partial charge in [0.1, 0.15) is 5.75 Å². The standard InChI is InChI=1S/C13H11BrN2O2S/c1-18-10-5-2-9(3-6-10)4-7-12(17)16-13-15-8-11(14)19-13/h2-8H,1H3,(H,15,16,17)/b7-4+. The van der Waals surface area contributed by atoms with E-state index in [-0.39, 0.29) is 5.91 Å². The normalized spacial score (nSPS) is 10.6. The number of methoxy groups -OCH3 is 1. The zero-order valence-electron chi connectivity index (χ0n) is 10.1. The first-order valence-electron chi connectivity index (χ1n) is 5.42. The maximum absolute atomic E-state index is 11.6. The van der Waals surface area contributed by atoms with Crippen LogP contribution in [0, 0.1) is 0 Å². The summed E-state index contributed by atoms with van der Waals surface area (Å²) in [5.74, 6) is 0.576. The maximum Gasteiger partial charge on any atom is 0.250 e. The molecule has 0 radical (unpaired) electrons. The summed E-state index contributed by atoms with van der Waals surface area (Å²) in [7, 11) is 1.62. The summed E-state index contributed by atoms with van der Waals surface area (Å²) < 4.78 is 5.94. The average molecular weight is 339 g/mol. The van der Waals surface area contributed by atoms with E-state index in [9.17, 15) is 4.79 Å². The van der Waals surface area contributed by atoms with Gasteiger partial charge in [-0.25, -0.2) is 4.98 Å². The highest BCUT2D eigenvalue weighted by atomic mass is 79.9. The van der Waals surface area contributed by atoms with Crippen molar-refractivity contribution >= 4 is 44.4 Å². The van der Waals surface area contributed by atoms with Crippen molar-refractivity contribution in [1.29, 1.82) is 0 Å². The molecular weight excluding hydrogens is 328 g/mol. The lowest BCUT2D eigenvalue weighted by Crippen LogP contribution is -2.06. The van der Waals surface area contributed by atoms with Gasteiger partial charge in [0.05, 0.1) is 17.1 Å². The van der Waals surface area contributed by atoms with Crippen molar-refractivity contribution in [3.05, 3.63) is 45.9 Å². The Kier molecular flexibility index (Phi) is 4.70. The molecule has 4 nitrogen and oxygen atoms in total. The van der Waals surface area contributed by atoms with Gasteiger partial charge in [0.2, 0.25) is 5.91 Å². The van der Waals surface area contributed by atoms with E-state index in [4.69, 9.17) is 4.74 Å². The summed E-state index contributed by atoms with van der Waals surface area (Å²) in [5, 5.41) is 3.25. The predicted octanol–water partition coefficient (Wildman–Crippen LogP) is 3.57. The summed E-state index contributed by atoms with van der Waals surface area (Å²) in [6.45, 7) is 0. The molecule has 0 aliphatic heterocycles. The second kappa shape index (κ2) is 6.49. The van der Waals surface area contributed by atoms with Gasteiger partial charge in [-0.15, -0.1) is 0 Å². The molecule has 1 aromatic heterocycles. The Labute approximate surface area is 123 Å². The Hall–Kier alpha value is -1.66. The molecule has 1 amide bonds. The van der Waals surface area contributed by atoms with Crippen LogP contribution in [0.25, 0.3) is 6.08 Å². The van der Waals surface area contributed by atoms with E-state index in [0.29, 0.717) is 5.13 Å². The fourth-order valence-electron chi connectivity index (χ4n) is 1.35. The van der Waals surface area contributed by atoms with E-state index >= 15 is 0 Å². The molecule has 0 atom stereocenters. The first-order chi connectivity index (χ1) is 9.17. The van der Waals surface area contributed by atoms with Crippen LogP contribution >= 0.6 is 27.3 Å². The highest BCUT2D eigenvalue weighted by Gasteiger charge is 2.02. The molecule has 1 N–H and O–H groups in total. The third-order valence-corrected chi connectivity index (χ3v) is 3.64. The summed E-state index contributed by atoms with van der Waals surface area (Å²) in [5.41, 5.74) is 0.927. The Bertz CT molecular complexity index is 593. The lowest BCUT2D eigenvalue weighted by atomic mass is 10.2. The number of amides is 1. The van der Waals surface area contributed by atoms with Crippen LogP contribution in [0.1, 0.15) is 5.56 Å². The van der Waals surface area contributed by atoms with Crippen molar-refractivity contribution in [1.82, 2.24) is 4.98 Å². The van der Waals surface area contributed by atoms with Crippen LogP contribution in [0.4, 0.5) is 5.13 Å². The molecular formula is C13H11BrN2O2S. The highest BCUT2D eigenvalue weighted by molar-refractivity contribution is 9.11. The SMILES string of the molecule is COc1ccc(/C=C/C(=O)Nc2ncc(Br)s2)cc1. The van der Waals surface area contributed by atoms with Crippen LogP contribution in [-0.2, 0) is 4.79 Å². The van der Waals surface area contributed by atoms with E-state index in [1.165, 1.54) is 17.4 Å². The molecule has 0 unspecified atom stereocenters. The lowest BCUT2D eigenvalue weighted by Gasteiger charge is -1.99. The van der Waals surface area contributed by atoms with Crippen LogP contribution in [0.3, 0.4) is 0 Å². The second-order valence-corrected chi connectivity index (χ2v) is 5.98. The third-order valence-electron chi connectivity index (χ3n) is 2.25. The number of nitrogens with one attached hydrogen (secondary N) is 1. The van der Waals surface area contributed by atoms with Crippen LogP contribution < -0.4 is 10.1 Å². The number of carbonyl (C=O) groups excluding carboxylic acids is 1. The van der Waals surface area contributed by atoms with Gasteiger partial charge in [0.25, 0.3) is 0 Å². The van der Waals surface area contributed by atoms with Crippen molar-refractivity contribution in [3.8, 4) is 5.75 Å². The minimum atomic E-state index is -0.210. The number of benzene rings is 1. The number of aromatic nitrogens is 1. The predicted molar refractivity (Wildman–Crippen MR) is 80.5 cm³/mol. The van der Waals surface area contributed by atoms with E-state index in [1.54, 1.807) is 19.4 Å². The van der Waals surface area contributed by atoms with Gasteiger partial charge in [-0.1, -0.05) is 23.5 Å². The molecule has 2 rings (SSSR count). The molecule has 0 saturated carbocycles. The Morgan fingerprint density at radius 2 is 2.16 bits per heavy atom. The molecule has 0 bridgehead atoms. The first kappa shape index (κ1) is 13.8. The smallest absolute Gasteiger partial charge is 0.250 e. The molecule has 0 fully saturated rings. The monoisotopic (exact) mass is 338 g/mol. The van der Waals surface area contributed by atoms with Crippen LogP contribution in [0.15, 0.2) is 40.3 Å². The number of anilines is 1. The van der Waals surface area contributed by atoms with Crippen LogP contribution in [0.2, 0.25) is 0 Å². The van der Waals surface area contributed by atoms with Gasteiger partial charge in [-0.05, 0) is 39.7 Å². The fraction of sp³-hybridized carbons (Fsp3) is 0.0769.